The largest absolute Gasteiger partial charge is 0.394 e. The van der Waals surface area contributed by atoms with Crippen LogP contribution in [0.5, 0.6) is 0 Å². The molecule has 3 aromatic rings. The van der Waals surface area contributed by atoms with Crippen LogP contribution in [0.4, 0.5) is 0 Å². The molecule has 4 atom stereocenters. The van der Waals surface area contributed by atoms with Gasteiger partial charge >= 0.3 is 0 Å². The van der Waals surface area contributed by atoms with E-state index in [1.807, 2.05) is 19.9 Å². The van der Waals surface area contributed by atoms with Crippen LogP contribution in [0, 0.1) is 0 Å². The lowest BCUT2D eigenvalue weighted by molar-refractivity contribution is -0.199. The van der Waals surface area contributed by atoms with Crippen molar-refractivity contribution in [2.75, 3.05) is 6.61 Å². The Balaban J connectivity index is 1.62. The number of aliphatic hydroxyl groups excluding tert-OH is 1. The van der Waals surface area contributed by atoms with Crippen molar-refractivity contribution in [1.29, 1.82) is 0 Å². The lowest BCUT2D eigenvalue weighted by atomic mass is 10.1. The number of aromatic nitrogens is 5. The van der Waals surface area contributed by atoms with Crippen molar-refractivity contribution in [3.8, 4) is 11.5 Å². The van der Waals surface area contributed by atoms with E-state index in [9.17, 15) is 9.90 Å². The summed E-state index contributed by atoms with van der Waals surface area (Å²) in [6.07, 6.45) is 1.03. The van der Waals surface area contributed by atoms with Crippen molar-refractivity contribution in [2.45, 2.75) is 44.2 Å². The van der Waals surface area contributed by atoms with E-state index in [1.165, 1.54) is 6.33 Å². The number of fused-ring (bicyclic) bond motifs is 2. The molecule has 0 bridgehead atoms. The number of rotatable bonds is 3. The Labute approximate surface area is 159 Å². The molecule has 0 amide bonds. The van der Waals surface area contributed by atoms with Crippen LogP contribution in [0.3, 0.4) is 0 Å². The molecular formula is C18H19N5O5. The molecule has 0 saturated carbocycles. The van der Waals surface area contributed by atoms with Crippen molar-refractivity contribution < 1.29 is 19.3 Å². The molecule has 3 aromatic heterocycles. The molecule has 146 valence electrons. The Morgan fingerprint density at radius 2 is 2.07 bits per heavy atom. The fraction of sp³-hybridized carbons (Fsp3) is 0.444. The van der Waals surface area contributed by atoms with Crippen LogP contribution in [0.1, 0.15) is 20.1 Å². The normalized spacial score (nSPS) is 28.7. The number of H-pyrrole nitrogens is 1. The number of hydrogen-bond donors (Lipinski definition) is 2. The third-order valence-electron chi connectivity index (χ3n) is 4.92. The maximum Gasteiger partial charge on any atom is 0.279 e. The average Bonchev–Trinajstić information content (AvgIpc) is 3.33. The second kappa shape index (κ2) is 6.17. The first-order valence-electron chi connectivity index (χ1n) is 8.97. The van der Waals surface area contributed by atoms with Gasteiger partial charge in [0.2, 0.25) is 0 Å². The molecule has 10 nitrogen and oxygen atoms in total. The standard InChI is InChI=1S/C18H19N5O5/c1-18(2)27-12-10(7-24)26-17(13(12)28-18)23-8-20-11-15(23)21-14(22-16(11)25)9-5-3-4-6-19-9/h3-6,8,10,12-13,17,24H,7H2,1-2H3,(H,21,22,25)/t10-,12-,13-,17-/m1/s1. The Morgan fingerprint density at radius 3 is 2.82 bits per heavy atom. The molecule has 0 unspecified atom stereocenters. The zero-order valence-electron chi connectivity index (χ0n) is 15.3. The highest BCUT2D eigenvalue weighted by Gasteiger charge is 2.56. The van der Waals surface area contributed by atoms with E-state index in [2.05, 4.69) is 19.9 Å². The minimum Gasteiger partial charge on any atom is -0.394 e. The molecule has 0 aromatic carbocycles. The fourth-order valence-corrected chi connectivity index (χ4v) is 3.77. The van der Waals surface area contributed by atoms with Crippen LogP contribution in [0.25, 0.3) is 22.7 Å². The molecule has 2 N–H and O–H groups in total. The second-order valence-electron chi connectivity index (χ2n) is 7.27. The zero-order chi connectivity index (χ0) is 19.5. The van der Waals surface area contributed by atoms with Gasteiger partial charge in [0.05, 0.1) is 12.9 Å². The summed E-state index contributed by atoms with van der Waals surface area (Å²) in [6, 6.07) is 5.35. The molecule has 0 radical (unpaired) electrons. The molecule has 2 fully saturated rings. The number of nitrogens with one attached hydrogen (secondary N) is 1. The number of nitrogens with zero attached hydrogens (tertiary/aromatic N) is 4. The highest BCUT2D eigenvalue weighted by atomic mass is 16.8. The summed E-state index contributed by atoms with van der Waals surface area (Å²) in [5.41, 5.74) is 0.696. The SMILES string of the molecule is CC1(C)O[C@@H]2[C@H](O1)[C@@H](CO)O[C@H]2n1cnc2c(=O)[nH]c(-c3ccccn3)nc21. The fourth-order valence-electron chi connectivity index (χ4n) is 3.77. The number of pyridine rings is 1. The van der Waals surface area contributed by atoms with Crippen molar-refractivity contribution >= 4 is 11.2 Å². The maximum atomic E-state index is 12.5. The van der Waals surface area contributed by atoms with Crippen molar-refractivity contribution in [1.82, 2.24) is 24.5 Å². The van der Waals surface area contributed by atoms with E-state index in [4.69, 9.17) is 14.2 Å². The topological polar surface area (TPSA) is 124 Å². The van der Waals surface area contributed by atoms with Crippen LogP contribution in [0.15, 0.2) is 35.5 Å². The monoisotopic (exact) mass is 385 g/mol. The predicted octanol–water partition coefficient (Wildman–Crippen LogP) is 0.591. The van der Waals surface area contributed by atoms with Crippen molar-refractivity contribution in [3.63, 3.8) is 0 Å². The summed E-state index contributed by atoms with van der Waals surface area (Å²) in [5.74, 6) is -0.470. The van der Waals surface area contributed by atoms with Gasteiger partial charge in [-0.05, 0) is 26.0 Å². The van der Waals surface area contributed by atoms with Gasteiger partial charge in [-0.3, -0.25) is 14.3 Å². The number of aromatic amines is 1. The van der Waals surface area contributed by atoms with E-state index in [-0.39, 0.29) is 17.7 Å². The lowest BCUT2D eigenvalue weighted by Crippen LogP contribution is -2.31. The summed E-state index contributed by atoms with van der Waals surface area (Å²) in [6.45, 7) is 3.41. The Hall–Kier alpha value is -2.66. The summed E-state index contributed by atoms with van der Waals surface area (Å²) >= 11 is 0. The smallest absolute Gasteiger partial charge is 0.279 e. The molecule has 2 aliphatic heterocycles. The number of imidazole rings is 1. The van der Waals surface area contributed by atoms with Crippen molar-refractivity contribution in [3.05, 3.63) is 41.1 Å². The maximum absolute atomic E-state index is 12.5. The second-order valence-corrected chi connectivity index (χ2v) is 7.27. The number of aliphatic hydroxyl groups is 1. The van der Waals surface area contributed by atoms with Crippen LogP contribution in [-0.4, -0.2) is 60.3 Å². The first-order valence-corrected chi connectivity index (χ1v) is 8.97. The predicted molar refractivity (Wildman–Crippen MR) is 96.2 cm³/mol. The van der Waals surface area contributed by atoms with Gasteiger partial charge < -0.3 is 24.3 Å². The van der Waals surface area contributed by atoms with Gasteiger partial charge in [-0.1, -0.05) is 6.07 Å². The quantitative estimate of drug-likeness (QED) is 0.671. The molecule has 0 aliphatic carbocycles. The molecule has 5 heterocycles. The Bertz CT molecular complexity index is 1080. The Kier molecular flexibility index (Phi) is 3.85. The van der Waals surface area contributed by atoms with E-state index < -0.39 is 30.3 Å². The summed E-state index contributed by atoms with van der Waals surface area (Å²) < 4.78 is 19.5. The molecule has 0 spiro atoms. The van der Waals surface area contributed by atoms with Gasteiger partial charge in [0, 0.05) is 6.20 Å². The van der Waals surface area contributed by atoms with Crippen LogP contribution >= 0.6 is 0 Å². The molecule has 10 heteroatoms. The first-order chi connectivity index (χ1) is 13.5. The molecule has 28 heavy (non-hydrogen) atoms. The van der Waals surface area contributed by atoms with Gasteiger partial charge in [-0.25, -0.2) is 9.97 Å². The summed E-state index contributed by atoms with van der Waals surface area (Å²) in [7, 11) is 0. The zero-order valence-corrected chi connectivity index (χ0v) is 15.3. The highest BCUT2D eigenvalue weighted by molar-refractivity contribution is 5.72. The Morgan fingerprint density at radius 1 is 1.25 bits per heavy atom. The molecule has 2 aliphatic rings. The third-order valence-corrected chi connectivity index (χ3v) is 4.92. The van der Waals surface area contributed by atoms with Crippen molar-refractivity contribution in [2.24, 2.45) is 0 Å². The van der Waals surface area contributed by atoms with Gasteiger partial charge in [-0.15, -0.1) is 0 Å². The summed E-state index contributed by atoms with van der Waals surface area (Å²) in [4.78, 5) is 28.2. The third kappa shape index (κ3) is 2.65. The molecule has 5 rings (SSSR count). The lowest BCUT2D eigenvalue weighted by Gasteiger charge is -2.24. The number of ether oxygens (including phenoxy) is 3. The molecular weight excluding hydrogens is 366 g/mol. The average molecular weight is 385 g/mol. The van der Waals surface area contributed by atoms with Gasteiger partial charge in [-0.2, -0.15) is 0 Å². The van der Waals surface area contributed by atoms with Gasteiger partial charge in [0.15, 0.2) is 29.0 Å². The van der Waals surface area contributed by atoms with Crippen LogP contribution in [0.2, 0.25) is 0 Å². The minimum atomic E-state index is -0.800. The number of hydrogen-bond acceptors (Lipinski definition) is 8. The van der Waals surface area contributed by atoms with Crippen LogP contribution in [-0.2, 0) is 14.2 Å². The van der Waals surface area contributed by atoms with Gasteiger partial charge in [0.1, 0.15) is 24.0 Å². The van der Waals surface area contributed by atoms with Crippen LogP contribution < -0.4 is 5.56 Å². The van der Waals surface area contributed by atoms with E-state index >= 15 is 0 Å². The van der Waals surface area contributed by atoms with E-state index in [1.54, 1.807) is 22.9 Å². The minimum absolute atomic E-state index is 0.186. The van der Waals surface area contributed by atoms with E-state index in [0.29, 0.717) is 17.2 Å². The summed E-state index contributed by atoms with van der Waals surface area (Å²) in [5, 5.41) is 9.68. The highest BCUT2D eigenvalue weighted by Crippen LogP contribution is 2.43. The first kappa shape index (κ1) is 17.4. The van der Waals surface area contributed by atoms with Gasteiger partial charge in [0.25, 0.3) is 5.56 Å². The molecule has 2 saturated heterocycles. The van der Waals surface area contributed by atoms with E-state index in [0.717, 1.165) is 0 Å².